The number of nitrogens with zero attached hydrogens (tertiary/aromatic N) is 1. The van der Waals surface area contributed by atoms with Gasteiger partial charge in [-0.15, -0.1) is 0 Å². The zero-order valence-electron chi connectivity index (χ0n) is 9.18. The van der Waals surface area contributed by atoms with Crippen LogP contribution in [0.5, 0.6) is 11.5 Å². The molecule has 1 aromatic carbocycles. The van der Waals surface area contributed by atoms with Gasteiger partial charge in [0.25, 0.3) is 9.05 Å². The molecule has 2 rings (SSSR count). The molecule has 4 nitrogen and oxygen atoms in total. The number of halogens is 3. The highest BCUT2D eigenvalue weighted by molar-refractivity contribution is 9.10. The maximum atomic E-state index is 11.2. The van der Waals surface area contributed by atoms with Crippen molar-refractivity contribution in [3.05, 3.63) is 45.6 Å². The highest BCUT2D eigenvalue weighted by atomic mass is 79.9. The molecular weight excluding hydrogens is 421 g/mol. The fraction of sp³-hybridized carbons (Fsp3) is 0. The first-order chi connectivity index (χ1) is 8.86. The van der Waals surface area contributed by atoms with Crippen molar-refractivity contribution in [1.29, 1.82) is 0 Å². The van der Waals surface area contributed by atoms with E-state index in [4.69, 9.17) is 15.4 Å². The lowest BCUT2D eigenvalue weighted by molar-refractivity contribution is 0.476. The maximum absolute atomic E-state index is 11.2. The zero-order valence-corrected chi connectivity index (χ0v) is 13.9. The second kappa shape index (κ2) is 5.78. The van der Waals surface area contributed by atoms with Crippen LogP contribution >= 0.6 is 42.5 Å². The Hall–Kier alpha value is -0.630. The van der Waals surface area contributed by atoms with Gasteiger partial charge in [0.15, 0.2) is 0 Å². The zero-order chi connectivity index (χ0) is 14.0. The molecule has 0 aliphatic carbocycles. The predicted molar refractivity (Wildman–Crippen MR) is 79.2 cm³/mol. The van der Waals surface area contributed by atoms with Gasteiger partial charge in [-0.1, -0.05) is 0 Å². The van der Waals surface area contributed by atoms with Gasteiger partial charge in [0.1, 0.15) is 11.5 Å². The standard InChI is InChI=1S/C11H6Br2ClNO3S/c12-7-3-8(6-15-5-7)18-11-2-1-9(4-10(11)13)19(14,16)17/h1-6H. The van der Waals surface area contributed by atoms with Crippen LogP contribution in [-0.2, 0) is 9.05 Å². The predicted octanol–water partition coefficient (Wildman–Crippen LogP) is 4.33. The normalized spacial score (nSPS) is 11.3. The van der Waals surface area contributed by atoms with Crippen molar-refractivity contribution in [2.75, 3.05) is 0 Å². The third-order valence-corrected chi connectivity index (χ3v) is 4.50. The summed E-state index contributed by atoms with van der Waals surface area (Å²) >= 11 is 6.52. The molecule has 0 unspecified atom stereocenters. The molecule has 0 aliphatic rings. The van der Waals surface area contributed by atoms with Crippen LogP contribution in [0.4, 0.5) is 0 Å². The van der Waals surface area contributed by atoms with Crippen molar-refractivity contribution in [3.63, 3.8) is 0 Å². The van der Waals surface area contributed by atoms with Gasteiger partial charge in [-0.2, -0.15) is 0 Å². The van der Waals surface area contributed by atoms with E-state index in [2.05, 4.69) is 36.8 Å². The lowest BCUT2D eigenvalue weighted by Gasteiger charge is -2.08. The highest BCUT2D eigenvalue weighted by Crippen LogP contribution is 2.32. The average molecular weight is 428 g/mol. The summed E-state index contributed by atoms with van der Waals surface area (Å²) < 4.78 is 29.2. The number of pyridine rings is 1. The van der Waals surface area contributed by atoms with Gasteiger partial charge in [-0.05, 0) is 56.1 Å². The number of hydrogen-bond donors (Lipinski definition) is 0. The Balaban J connectivity index is 2.32. The topological polar surface area (TPSA) is 56.3 Å². The van der Waals surface area contributed by atoms with E-state index in [1.54, 1.807) is 18.5 Å². The summed E-state index contributed by atoms with van der Waals surface area (Å²) in [7, 11) is 1.50. The molecule has 8 heteroatoms. The molecule has 0 N–H and O–H groups in total. The molecule has 0 amide bonds. The summed E-state index contributed by atoms with van der Waals surface area (Å²) in [5.74, 6) is 0.987. The van der Waals surface area contributed by atoms with Gasteiger partial charge < -0.3 is 4.74 Å². The van der Waals surface area contributed by atoms with E-state index < -0.39 is 9.05 Å². The van der Waals surface area contributed by atoms with E-state index in [1.165, 1.54) is 18.2 Å². The minimum atomic E-state index is -3.75. The molecule has 19 heavy (non-hydrogen) atoms. The molecule has 2 aromatic rings. The summed E-state index contributed by atoms with van der Waals surface area (Å²) in [6, 6.07) is 6.00. The Labute approximate surface area is 131 Å². The van der Waals surface area contributed by atoms with E-state index in [9.17, 15) is 8.42 Å². The molecule has 0 spiro atoms. The van der Waals surface area contributed by atoms with Crippen LogP contribution in [0.1, 0.15) is 0 Å². The van der Waals surface area contributed by atoms with E-state index in [1.807, 2.05) is 0 Å². The van der Waals surface area contributed by atoms with Crippen LogP contribution in [0.3, 0.4) is 0 Å². The van der Waals surface area contributed by atoms with Gasteiger partial charge in [-0.25, -0.2) is 8.42 Å². The molecule has 0 atom stereocenters. The van der Waals surface area contributed by atoms with Crippen molar-refractivity contribution in [3.8, 4) is 11.5 Å². The monoisotopic (exact) mass is 425 g/mol. The van der Waals surface area contributed by atoms with Gasteiger partial charge in [0, 0.05) is 21.4 Å². The number of rotatable bonds is 3. The molecule has 0 radical (unpaired) electrons. The highest BCUT2D eigenvalue weighted by Gasteiger charge is 2.13. The van der Waals surface area contributed by atoms with Crippen molar-refractivity contribution >= 4 is 51.6 Å². The summed E-state index contributed by atoms with van der Waals surface area (Å²) in [5, 5.41) is 0. The van der Waals surface area contributed by atoms with Crippen LogP contribution in [0.2, 0.25) is 0 Å². The second-order valence-corrected chi connectivity index (χ2v) is 7.81. The Morgan fingerprint density at radius 3 is 2.47 bits per heavy atom. The van der Waals surface area contributed by atoms with E-state index in [0.717, 1.165) is 4.47 Å². The number of hydrogen-bond acceptors (Lipinski definition) is 4. The Morgan fingerprint density at radius 1 is 1.16 bits per heavy atom. The first-order valence-corrected chi connectivity index (χ1v) is 8.78. The summed E-state index contributed by atoms with van der Waals surface area (Å²) in [6.45, 7) is 0. The summed E-state index contributed by atoms with van der Waals surface area (Å²) in [6.07, 6.45) is 3.18. The smallest absolute Gasteiger partial charge is 0.261 e. The Kier molecular flexibility index (Phi) is 4.50. The SMILES string of the molecule is O=S(=O)(Cl)c1ccc(Oc2cncc(Br)c2)c(Br)c1. The molecule has 0 bridgehead atoms. The molecule has 1 heterocycles. The third-order valence-electron chi connectivity index (χ3n) is 2.09. The number of ether oxygens (including phenoxy) is 1. The largest absolute Gasteiger partial charge is 0.455 e. The molecular formula is C11H6Br2ClNO3S. The van der Waals surface area contributed by atoms with Crippen molar-refractivity contribution in [2.24, 2.45) is 0 Å². The van der Waals surface area contributed by atoms with E-state index >= 15 is 0 Å². The lowest BCUT2D eigenvalue weighted by Crippen LogP contribution is -1.92. The first-order valence-electron chi connectivity index (χ1n) is 4.89. The van der Waals surface area contributed by atoms with Gasteiger partial charge in [0.05, 0.1) is 15.6 Å². The summed E-state index contributed by atoms with van der Waals surface area (Å²) in [4.78, 5) is 3.96. The maximum Gasteiger partial charge on any atom is 0.261 e. The molecule has 100 valence electrons. The average Bonchev–Trinajstić information content (AvgIpc) is 2.30. The van der Waals surface area contributed by atoms with Crippen molar-refractivity contribution < 1.29 is 13.2 Å². The minimum Gasteiger partial charge on any atom is -0.455 e. The lowest BCUT2D eigenvalue weighted by atomic mass is 10.3. The molecule has 0 saturated carbocycles. The van der Waals surface area contributed by atoms with Crippen LogP contribution in [-0.4, -0.2) is 13.4 Å². The van der Waals surface area contributed by atoms with E-state index in [0.29, 0.717) is 16.0 Å². The second-order valence-electron chi connectivity index (χ2n) is 3.47. The van der Waals surface area contributed by atoms with Gasteiger partial charge in [0.2, 0.25) is 0 Å². The van der Waals surface area contributed by atoms with E-state index in [-0.39, 0.29) is 4.90 Å². The molecule has 0 saturated heterocycles. The third kappa shape index (κ3) is 3.92. The first kappa shape index (κ1) is 14.8. The quantitative estimate of drug-likeness (QED) is 0.685. The Morgan fingerprint density at radius 2 is 1.89 bits per heavy atom. The minimum absolute atomic E-state index is 0.000703. The molecule has 0 aliphatic heterocycles. The fourth-order valence-electron chi connectivity index (χ4n) is 1.29. The van der Waals surface area contributed by atoms with Crippen LogP contribution in [0, 0.1) is 0 Å². The molecule has 0 fully saturated rings. The van der Waals surface area contributed by atoms with Crippen LogP contribution < -0.4 is 4.74 Å². The van der Waals surface area contributed by atoms with Gasteiger partial charge >= 0.3 is 0 Å². The van der Waals surface area contributed by atoms with Gasteiger partial charge in [-0.3, -0.25) is 4.98 Å². The Bertz CT molecular complexity index is 722. The number of aromatic nitrogens is 1. The summed E-state index contributed by atoms with van der Waals surface area (Å²) in [5.41, 5.74) is 0. The van der Waals surface area contributed by atoms with Crippen LogP contribution in [0.25, 0.3) is 0 Å². The molecule has 1 aromatic heterocycles. The fourth-order valence-corrected chi connectivity index (χ4v) is 3.02. The number of benzene rings is 1. The van der Waals surface area contributed by atoms with Crippen molar-refractivity contribution in [1.82, 2.24) is 4.98 Å². The van der Waals surface area contributed by atoms with Crippen molar-refractivity contribution in [2.45, 2.75) is 4.90 Å². The van der Waals surface area contributed by atoms with Crippen LogP contribution in [0.15, 0.2) is 50.5 Å².